The van der Waals surface area contributed by atoms with Crippen LogP contribution in [0.2, 0.25) is 0 Å². The van der Waals surface area contributed by atoms with Gasteiger partial charge in [0.1, 0.15) is 5.65 Å². The lowest BCUT2D eigenvalue weighted by Gasteiger charge is -2.08. The lowest BCUT2D eigenvalue weighted by atomic mass is 10.2. The molecule has 3 rings (SSSR count). The molecule has 0 fully saturated rings. The zero-order valence-electron chi connectivity index (χ0n) is 13.4. The number of pyridine rings is 1. The van der Waals surface area contributed by atoms with Gasteiger partial charge < -0.3 is 5.32 Å². The second-order valence-electron chi connectivity index (χ2n) is 5.38. The normalized spacial score (nSPS) is 11.0. The van der Waals surface area contributed by atoms with Crippen molar-refractivity contribution in [2.24, 2.45) is 14.1 Å². The number of nitrogens with one attached hydrogen (secondary N) is 1. The smallest absolute Gasteiger partial charge is 0.324 e. The topological polar surface area (TPSA) is 98.9 Å². The molecule has 0 spiro atoms. The molecule has 0 aliphatic carbocycles. The highest BCUT2D eigenvalue weighted by atomic mass is 32.1. The van der Waals surface area contributed by atoms with Crippen molar-refractivity contribution in [1.29, 1.82) is 0 Å². The Kier molecular flexibility index (Phi) is 4.02. The van der Waals surface area contributed by atoms with Gasteiger partial charge >= 0.3 is 5.69 Å². The number of carbonyl (C=O) groups is 1. The van der Waals surface area contributed by atoms with Crippen molar-refractivity contribution in [2.45, 2.75) is 13.3 Å². The maximum atomic E-state index is 12.2. The summed E-state index contributed by atoms with van der Waals surface area (Å²) in [5.74, 6) is -0.247. The maximum absolute atomic E-state index is 12.2. The molecule has 1 N–H and O–H groups in total. The van der Waals surface area contributed by atoms with E-state index >= 15 is 0 Å². The lowest BCUT2D eigenvalue weighted by molar-refractivity contribution is -0.115. The van der Waals surface area contributed by atoms with Crippen LogP contribution in [-0.4, -0.2) is 25.0 Å². The highest BCUT2D eigenvalue weighted by Gasteiger charge is 2.12. The van der Waals surface area contributed by atoms with Crippen molar-refractivity contribution in [3.63, 3.8) is 0 Å². The van der Waals surface area contributed by atoms with Crippen molar-refractivity contribution in [1.82, 2.24) is 19.1 Å². The molecule has 3 aromatic heterocycles. The Bertz CT molecular complexity index is 1060. The molecule has 0 unspecified atom stereocenters. The van der Waals surface area contributed by atoms with Crippen LogP contribution in [0.5, 0.6) is 0 Å². The van der Waals surface area contributed by atoms with Crippen LogP contribution in [0.4, 0.5) is 5.69 Å². The predicted molar refractivity (Wildman–Crippen MR) is 91.4 cm³/mol. The zero-order valence-corrected chi connectivity index (χ0v) is 14.2. The molecule has 0 aromatic carbocycles. The van der Waals surface area contributed by atoms with Gasteiger partial charge in [-0.05, 0) is 13.0 Å². The van der Waals surface area contributed by atoms with Gasteiger partial charge in [0.2, 0.25) is 5.91 Å². The molecule has 0 saturated carbocycles. The predicted octanol–water partition coefficient (Wildman–Crippen LogP) is 0.578. The molecular weight excluding hydrogens is 330 g/mol. The molecule has 1 amide bonds. The molecule has 0 saturated heterocycles. The fourth-order valence-corrected chi connectivity index (χ4v) is 3.01. The van der Waals surface area contributed by atoms with Crippen LogP contribution in [0.25, 0.3) is 11.0 Å². The van der Waals surface area contributed by atoms with Gasteiger partial charge in [-0.15, -0.1) is 11.3 Å². The first-order valence-corrected chi connectivity index (χ1v) is 8.01. The molecule has 3 heterocycles. The monoisotopic (exact) mass is 345 g/mol. The van der Waals surface area contributed by atoms with E-state index in [1.165, 1.54) is 35.2 Å². The van der Waals surface area contributed by atoms with Crippen molar-refractivity contribution in [3.8, 4) is 0 Å². The number of fused-ring (bicyclic) bond motifs is 1. The van der Waals surface area contributed by atoms with E-state index < -0.39 is 11.2 Å². The number of thiazole rings is 1. The largest absolute Gasteiger partial charge is 0.332 e. The zero-order chi connectivity index (χ0) is 17.4. The summed E-state index contributed by atoms with van der Waals surface area (Å²) in [6.45, 7) is 1.87. The third-order valence-electron chi connectivity index (χ3n) is 3.59. The number of nitrogens with zero attached hydrogens (tertiary/aromatic N) is 4. The molecule has 0 atom stereocenters. The number of carbonyl (C=O) groups excluding carboxylic acids is 1. The summed E-state index contributed by atoms with van der Waals surface area (Å²) < 4.78 is 2.30. The van der Waals surface area contributed by atoms with Crippen LogP contribution >= 0.6 is 11.3 Å². The summed E-state index contributed by atoms with van der Waals surface area (Å²) in [6, 6.07) is 1.52. The van der Waals surface area contributed by atoms with Crippen LogP contribution in [0.15, 0.2) is 27.2 Å². The first-order chi connectivity index (χ1) is 11.4. The molecular formula is C15H15N5O3S. The Hall–Kier alpha value is -2.81. The summed E-state index contributed by atoms with van der Waals surface area (Å²) in [5.41, 5.74) is 0.469. The van der Waals surface area contributed by atoms with Crippen LogP contribution in [0.3, 0.4) is 0 Å². The second-order valence-corrected chi connectivity index (χ2v) is 6.45. The van der Waals surface area contributed by atoms with Gasteiger partial charge in [-0.3, -0.25) is 18.7 Å². The highest BCUT2D eigenvalue weighted by Crippen LogP contribution is 2.13. The van der Waals surface area contributed by atoms with E-state index in [0.29, 0.717) is 11.4 Å². The number of rotatable bonds is 3. The quantitative estimate of drug-likeness (QED) is 0.748. The number of hydrogen-bond acceptors (Lipinski definition) is 6. The standard InChI is InChI=1S/C15H15N5O3S/c1-8-17-10(7-24-8)5-12(21)18-9-4-11-13(16-6-9)19(2)15(23)20(3)14(11)22/h4,6-7H,5H2,1-3H3,(H,18,21). The summed E-state index contributed by atoms with van der Waals surface area (Å²) in [6.07, 6.45) is 1.57. The van der Waals surface area contributed by atoms with Crippen LogP contribution in [0, 0.1) is 6.92 Å². The third-order valence-corrected chi connectivity index (χ3v) is 4.41. The molecule has 0 aliphatic rings. The van der Waals surface area contributed by atoms with Gasteiger partial charge in [0.15, 0.2) is 0 Å². The maximum Gasteiger partial charge on any atom is 0.332 e. The Labute approximate surface area is 140 Å². The molecule has 0 radical (unpaired) electrons. The Morgan fingerprint density at radius 1 is 1.29 bits per heavy atom. The first-order valence-electron chi connectivity index (χ1n) is 7.13. The van der Waals surface area contributed by atoms with Gasteiger partial charge in [-0.25, -0.2) is 14.8 Å². The fraction of sp³-hybridized carbons (Fsp3) is 0.267. The second kappa shape index (κ2) is 6.00. The van der Waals surface area contributed by atoms with E-state index in [0.717, 1.165) is 9.57 Å². The SMILES string of the molecule is Cc1nc(CC(=O)Nc2cnc3c(c2)c(=O)n(C)c(=O)n3C)cs1. The first kappa shape index (κ1) is 16.1. The number of anilines is 1. The Balaban J connectivity index is 1.92. The summed E-state index contributed by atoms with van der Waals surface area (Å²) in [5, 5.41) is 5.70. The number of amides is 1. The van der Waals surface area contributed by atoms with Crippen molar-refractivity contribution in [3.05, 3.63) is 49.2 Å². The number of aryl methyl sites for hydroxylation is 2. The highest BCUT2D eigenvalue weighted by molar-refractivity contribution is 7.09. The summed E-state index contributed by atoms with van der Waals surface area (Å²) in [4.78, 5) is 44.6. The lowest BCUT2D eigenvalue weighted by Crippen LogP contribution is -2.37. The van der Waals surface area contributed by atoms with Crippen molar-refractivity contribution < 1.29 is 4.79 Å². The fourth-order valence-electron chi connectivity index (χ4n) is 2.39. The van der Waals surface area contributed by atoms with Crippen LogP contribution in [0.1, 0.15) is 10.7 Å². The van der Waals surface area contributed by atoms with Gasteiger partial charge in [0.25, 0.3) is 5.56 Å². The number of hydrogen-bond donors (Lipinski definition) is 1. The summed E-state index contributed by atoms with van der Waals surface area (Å²) >= 11 is 1.48. The summed E-state index contributed by atoms with van der Waals surface area (Å²) in [7, 11) is 2.94. The average molecular weight is 345 g/mol. The molecule has 8 nitrogen and oxygen atoms in total. The van der Waals surface area contributed by atoms with Crippen LogP contribution < -0.4 is 16.6 Å². The minimum Gasteiger partial charge on any atom is -0.324 e. The van der Waals surface area contributed by atoms with Crippen molar-refractivity contribution in [2.75, 3.05) is 5.32 Å². The minimum atomic E-state index is -0.452. The molecule has 3 aromatic rings. The average Bonchev–Trinajstić information content (AvgIpc) is 2.95. The molecule has 0 bridgehead atoms. The van der Waals surface area contributed by atoms with E-state index in [2.05, 4.69) is 15.3 Å². The molecule has 124 valence electrons. The molecule has 0 aliphatic heterocycles. The van der Waals surface area contributed by atoms with E-state index in [1.807, 2.05) is 12.3 Å². The minimum absolute atomic E-state index is 0.146. The van der Waals surface area contributed by atoms with Gasteiger partial charge in [-0.1, -0.05) is 0 Å². The number of aromatic nitrogens is 4. The van der Waals surface area contributed by atoms with E-state index in [1.54, 1.807) is 7.05 Å². The van der Waals surface area contributed by atoms with Gasteiger partial charge in [0, 0.05) is 19.5 Å². The molecule has 24 heavy (non-hydrogen) atoms. The molecule has 9 heteroatoms. The van der Waals surface area contributed by atoms with Gasteiger partial charge in [-0.2, -0.15) is 0 Å². The van der Waals surface area contributed by atoms with Crippen LogP contribution in [-0.2, 0) is 25.3 Å². The Morgan fingerprint density at radius 2 is 2.04 bits per heavy atom. The van der Waals surface area contributed by atoms with E-state index in [-0.39, 0.29) is 23.4 Å². The van der Waals surface area contributed by atoms with Gasteiger partial charge in [0.05, 0.1) is 34.4 Å². The van der Waals surface area contributed by atoms with E-state index in [9.17, 15) is 14.4 Å². The Morgan fingerprint density at radius 3 is 2.71 bits per heavy atom. The third kappa shape index (κ3) is 2.85. The van der Waals surface area contributed by atoms with Crippen molar-refractivity contribution >= 4 is 34.0 Å². The van der Waals surface area contributed by atoms with E-state index in [4.69, 9.17) is 0 Å².